The summed E-state index contributed by atoms with van der Waals surface area (Å²) in [6.45, 7) is 2.84. The lowest BCUT2D eigenvalue weighted by Gasteiger charge is -2.26. The molecule has 0 heterocycles. The summed E-state index contributed by atoms with van der Waals surface area (Å²) in [4.78, 5) is 15.0. The third-order valence-electron chi connectivity index (χ3n) is 4.70. The van der Waals surface area contributed by atoms with Gasteiger partial charge < -0.3 is 9.64 Å². The van der Waals surface area contributed by atoms with Crippen molar-refractivity contribution in [3.63, 3.8) is 0 Å². The number of carbonyl (C=O) groups excluding carboxylic acids is 1. The molecule has 1 atom stereocenters. The van der Waals surface area contributed by atoms with E-state index in [0.717, 1.165) is 12.0 Å². The van der Waals surface area contributed by atoms with Crippen molar-refractivity contribution < 1.29 is 9.53 Å². The Bertz CT molecular complexity index is 965. The molecular weight excluding hydrogens is 360 g/mol. The largest absolute Gasteiger partial charge is 0.480 e. The van der Waals surface area contributed by atoms with Crippen molar-refractivity contribution in [3.05, 3.63) is 102 Å². The third-order valence-corrected chi connectivity index (χ3v) is 4.70. The van der Waals surface area contributed by atoms with E-state index in [1.54, 1.807) is 31.2 Å². The van der Waals surface area contributed by atoms with Gasteiger partial charge in [0.1, 0.15) is 11.8 Å². The summed E-state index contributed by atoms with van der Waals surface area (Å²) in [5.74, 6) is 0.330. The molecule has 0 aliphatic rings. The van der Waals surface area contributed by atoms with Crippen LogP contribution in [0.15, 0.2) is 84.9 Å². The molecule has 0 radical (unpaired) electrons. The second kappa shape index (κ2) is 10.1. The molecule has 29 heavy (non-hydrogen) atoms. The van der Waals surface area contributed by atoms with Crippen LogP contribution in [0.3, 0.4) is 0 Å². The maximum Gasteiger partial charge on any atom is 0.263 e. The van der Waals surface area contributed by atoms with Crippen LogP contribution < -0.4 is 4.74 Å². The van der Waals surface area contributed by atoms with E-state index in [2.05, 4.69) is 18.2 Å². The van der Waals surface area contributed by atoms with Gasteiger partial charge in [-0.05, 0) is 36.6 Å². The molecule has 3 aromatic rings. The summed E-state index contributed by atoms with van der Waals surface area (Å²) in [5, 5.41) is 9.26. The molecule has 3 rings (SSSR count). The Labute approximate surface area is 172 Å². The van der Waals surface area contributed by atoms with E-state index >= 15 is 0 Å². The lowest BCUT2D eigenvalue weighted by Crippen LogP contribution is -2.41. The average molecular weight is 384 g/mol. The molecule has 0 aromatic heterocycles. The normalized spacial score (nSPS) is 11.3. The van der Waals surface area contributed by atoms with Gasteiger partial charge in [0.25, 0.3) is 5.91 Å². The van der Waals surface area contributed by atoms with E-state index in [0.29, 0.717) is 24.4 Å². The number of rotatable bonds is 8. The third kappa shape index (κ3) is 5.70. The van der Waals surface area contributed by atoms with Crippen molar-refractivity contribution >= 4 is 5.91 Å². The van der Waals surface area contributed by atoms with Crippen LogP contribution in [-0.2, 0) is 17.8 Å². The van der Waals surface area contributed by atoms with Crippen LogP contribution >= 0.6 is 0 Å². The number of ether oxygens (including phenoxy) is 1. The molecule has 146 valence electrons. The first kappa shape index (κ1) is 20.2. The molecular formula is C25H24N2O2. The second-order valence-corrected chi connectivity index (χ2v) is 6.85. The SMILES string of the molecule is C[C@H](Oc1ccccc1C#N)C(=O)N(CCc1ccccc1)Cc1ccccc1. The number of benzene rings is 3. The van der Waals surface area contributed by atoms with Crippen molar-refractivity contribution in [1.29, 1.82) is 5.26 Å². The number of nitriles is 1. The highest BCUT2D eigenvalue weighted by Gasteiger charge is 2.23. The Kier molecular flexibility index (Phi) is 7.02. The zero-order chi connectivity index (χ0) is 20.5. The molecule has 0 saturated carbocycles. The van der Waals surface area contributed by atoms with Gasteiger partial charge in [-0.25, -0.2) is 0 Å². The summed E-state index contributed by atoms with van der Waals surface area (Å²) in [5.41, 5.74) is 2.67. The molecule has 0 spiro atoms. The molecule has 0 aliphatic heterocycles. The highest BCUT2D eigenvalue weighted by molar-refractivity contribution is 5.81. The first-order valence-corrected chi connectivity index (χ1v) is 9.70. The fourth-order valence-corrected chi connectivity index (χ4v) is 3.14. The summed E-state index contributed by atoms with van der Waals surface area (Å²) < 4.78 is 5.86. The first-order valence-electron chi connectivity index (χ1n) is 9.70. The lowest BCUT2D eigenvalue weighted by atomic mass is 10.1. The summed E-state index contributed by atoms with van der Waals surface area (Å²) >= 11 is 0. The van der Waals surface area contributed by atoms with Crippen molar-refractivity contribution in [3.8, 4) is 11.8 Å². The van der Waals surface area contributed by atoms with Crippen LogP contribution in [0, 0.1) is 11.3 Å². The zero-order valence-electron chi connectivity index (χ0n) is 16.5. The summed E-state index contributed by atoms with van der Waals surface area (Å²) in [7, 11) is 0. The fraction of sp³-hybridized carbons (Fsp3) is 0.200. The molecule has 0 aliphatic carbocycles. The van der Waals surface area contributed by atoms with Crippen LogP contribution in [0.25, 0.3) is 0 Å². The van der Waals surface area contributed by atoms with Crippen molar-refractivity contribution in [1.82, 2.24) is 4.90 Å². The summed E-state index contributed by atoms with van der Waals surface area (Å²) in [6.07, 6.45) is 0.0740. The Morgan fingerprint density at radius 2 is 1.52 bits per heavy atom. The van der Waals surface area contributed by atoms with E-state index in [9.17, 15) is 10.1 Å². The van der Waals surface area contributed by atoms with E-state index in [1.165, 1.54) is 5.56 Å². The number of para-hydroxylation sites is 1. The Morgan fingerprint density at radius 3 is 2.17 bits per heavy atom. The van der Waals surface area contributed by atoms with E-state index in [-0.39, 0.29) is 5.91 Å². The van der Waals surface area contributed by atoms with Crippen LogP contribution in [0.5, 0.6) is 5.75 Å². The number of nitrogens with zero attached hydrogens (tertiary/aromatic N) is 2. The monoisotopic (exact) mass is 384 g/mol. The van der Waals surface area contributed by atoms with Crippen LogP contribution in [0.1, 0.15) is 23.6 Å². The van der Waals surface area contributed by atoms with Gasteiger partial charge in [-0.15, -0.1) is 0 Å². The van der Waals surface area contributed by atoms with Gasteiger partial charge in [-0.1, -0.05) is 72.8 Å². The maximum absolute atomic E-state index is 13.2. The van der Waals surface area contributed by atoms with Crippen LogP contribution in [0.4, 0.5) is 0 Å². The Morgan fingerprint density at radius 1 is 0.931 bits per heavy atom. The minimum atomic E-state index is -0.691. The van der Waals surface area contributed by atoms with Gasteiger partial charge in [0.2, 0.25) is 0 Å². The average Bonchev–Trinajstić information content (AvgIpc) is 2.78. The molecule has 3 aromatic carbocycles. The lowest BCUT2D eigenvalue weighted by molar-refractivity contribution is -0.138. The van der Waals surface area contributed by atoms with Crippen LogP contribution in [0.2, 0.25) is 0 Å². The number of hydrogen-bond acceptors (Lipinski definition) is 3. The smallest absolute Gasteiger partial charge is 0.263 e. The van der Waals surface area contributed by atoms with Gasteiger partial charge in [0.15, 0.2) is 6.10 Å². The topological polar surface area (TPSA) is 53.3 Å². The van der Waals surface area contributed by atoms with Gasteiger partial charge in [0, 0.05) is 13.1 Å². The summed E-state index contributed by atoms with van der Waals surface area (Å²) in [6, 6.07) is 29.1. The Balaban J connectivity index is 1.74. The number of amides is 1. The molecule has 4 nitrogen and oxygen atoms in total. The number of hydrogen-bond donors (Lipinski definition) is 0. The minimum absolute atomic E-state index is 0.0995. The van der Waals surface area contributed by atoms with E-state index in [4.69, 9.17) is 4.74 Å². The minimum Gasteiger partial charge on any atom is -0.480 e. The standard InChI is InChI=1S/C25H24N2O2/c1-20(29-24-15-9-8-14-23(24)18-26)25(28)27(19-22-12-6-3-7-13-22)17-16-21-10-4-2-5-11-21/h2-15,20H,16-17,19H2,1H3/t20-/m0/s1. The fourth-order valence-electron chi connectivity index (χ4n) is 3.14. The van der Waals surface area contributed by atoms with Gasteiger partial charge in [-0.3, -0.25) is 4.79 Å². The molecule has 4 heteroatoms. The highest BCUT2D eigenvalue weighted by Crippen LogP contribution is 2.19. The maximum atomic E-state index is 13.2. The molecule has 0 saturated heterocycles. The number of carbonyl (C=O) groups is 1. The molecule has 0 fully saturated rings. The van der Waals surface area contributed by atoms with Crippen LogP contribution in [-0.4, -0.2) is 23.5 Å². The Hall–Kier alpha value is -3.58. The first-order chi connectivity index (χ1) is 14.2. The molecule has 0 bridgehead atoms. The predicted octanol–water partition coefficient (Wildman–Crippen LogP) is 4.60. The molecule has 0 unspecified atom stereocenters. The highest BCUT2D eigenvalue weighted by atomic mass is 16.5. The van der Waals surface area contributed by atoms with E-state index < -0.39 is 6.10 Å². The predicted molar refractivity (Wildman–Crippen MR) is 113 cm³/mol. The van der Waals surface area contributed by atoms with Crippen molar-refractivity contribution in [2.45, 2.75) is 26.0 Å². The molecule has 1 amide bonds. The molecule has 0 N–H and O–H groups in total. The second-order valence-electron chi connectivity index (χ2n) is 6.85. The zero-order valence-corrected chi connectivity index (χ0v) is 16.5. The van der Waals surface area contributed by atoms with E-state index in [1.807, 2.05) is 53.4 Å². The quantitative estimate of drug-likeness (QED) is 0.570. The van der Waals surface area contributed by atoms with Gasteiger partial charge in [0.05, 0.1) is 5.56 Å². The van der Waals surface area contributed by atoms with Crippen molar-refractivity contribution in [2.75, 3.05) is 6.54 Å². The van der Waals surface area contributed by atoms with Gasteiger partial charge in [-0.2, -0.15) is 5.26 Å². The van der Waals surface area contributed by atoms with Crippen molar-refractivity contribution in [2.24, 2.45) is 0 Å². The van der Waals surface area contributed by atoms with Gasteiger partial charge >= 0.3 is 0 Å².